The van der Waals surface area contributed by atoms with E-state index in [0.717, 1.165) is 25.0 Å². The highest BCUT2D eigenvalue weighted by atomic mass is 16.3. The third-order valence-corrected chi connectivity index (χ3v) is 2.94. The SMILES string of the molecule is CCC(CCN)CCC(=O)Cc1ccco1. The lowest BCUT2D eigenvalue weighted by Gasteiger charge is -2.12. The van der Waals surface area contributed by atoms with Gasteiger partial charge in [0.25, 0.3) is 0 Å². The number of carbonyl (C=O) groups is 1. The molecule has 0 aromatic carbocycles. The summed E-state index contributed by atoms with van der Waals surface area (Å²) in [4.78, 5) is 11.6. The van der Waals surface area contributed by atoms with Gasteiger partial charge in [0, 0.05) is 6.42 Å². The smallest absolute Gasteiger partial charge is 0.140 e. The predicted octanol–water partition coefficient (Wildman–Crippen LogP) is 2.55. The first-order valence-corrected chi connectivity index (χ1v) is 6.00. The van der Waals surface area contributed by atoms with Gasteiger partial charge >= 0.3 is 0 Å². The molecule has 1 aromatic rings. The Morgan fingerprint density at radius 3 is 2.88 bits per heavy atom. The fourth-order valence-corrected chi connectivity index (χ4v) is 1.85. The maximum absolute atomic E-state index is 11.6. The van der Waals surface area contributed by atoms with E-state index >= 15 is 0 Å². The average molecular weight is 223 g/mol. The Bertz CT molecular complexity index is 293. The molecule has 1 heterocycles. The number of rotatable bonds is 8. The number of furan rings is 1. The minimum Gasteiger partial charge on any atom is -0.469 e. The summed E-state index contributed by atoms with van der Waals surface area (Å²) in [6.45, 7) is 2.86. The number of hydrogen-bond donors (Lipinski definition) is 1. The van der Waals surface area contributed by atoms with Crippen LogP contribution in [0.1, 0.15) is 38.4 Å². The Hall–Kier alpha value is -1.09. The lowest BCUT2D eigenvalue weighted by molar-refractivity contribution is -0.119. The van der Waals surface area contributed by atoms with Crippen LogP contribution in [-0.4, -0.2) is 12.3 Å². The Labute approximate surface area is 97.0 Å². The third kappa shape index (κ3) is 4.62. The topological polar surface area (TPSA) is 56.2 Å². The molecule has 0 saturated heterocycles. The lowest BCUT2D eigenvalue weighted by Crippen LogP contribution is -2.11. The Morgan fingerprint density at radius 1 is 1.50 bits per heavy atom. The van der Waals surface area contributed by atoms with Crippen molar-refractivity contribution in [2.75, 3.05) is 6.54 Å². The van der Waals surface area contributed by atoms with Crippen molar-refractivity contribution < 1.29 is 9.21 Å². The molecule has 0 aliphatic rings. The van der Waals surface area contributed by atoms with Crippen LogP contribution in [-0.2, 0) is 11.2 Å². The first-order valence-electron chi connectivity index (χ1n) is 6.00. The first-order chi connectivity index (χ1) is 7.76. The molecule has 2 N–H and O–H groups in total. The van der Waals surface area contributed by atoms with E-state index in [9.17, 15) is 4.79 Å². The molecule has 0 spiro atoms. The summed E-state index contributed by atoms with van der Waals surface area (Å²) >= 11 is 0. The quantitative estimate of drug-likeness (QED) is 0.736. The molecule has 1 atom stereocenters. The van der Waals surface area contributed by atoms with Gasteiger partial charge in [-0.15, -0.1) is 0 Å². The van der Waals surface area contributed by atoms with Crippen LogP contribution in [0.2, 0.25) is 0 Å². The Kier molecular flexibility index (Phi) is 5.86. The molecule has 3 nitrogen and oxygen atoms in total. The highest BCUT2D eigenvalue weighted by molar-refractivity contribution is 5.80. The molecule has 0 fully saturated rings. The van der Waals surface area contributed by atoms with E-state index in [1.165, 1.54) is 0 Å². The molecule has 0 bridgehead atoms. The van der Waals surface area contributed by atoms with Gasteiger partial charge in [-0.1, -0.05) is 13.3 Å². The van der Waals surface area contributed by atoms with E-state index in [4.69, 9.17) is 10.2 Å². The predicted molar refractivity (Wildman–Crippen MR) is 64.1 cm³/mol. The van der Waals surface area contributed by atoms with Gasteiger partial charge in [0.1, 0.15) is 11.5 Å². The van der Waals surface area contributed by atoms with Crippen LogP contribution in [0.4, 0.5) is 0 Å². The van der Waals surface area contributed by atoms with Crippen LogP contribution in [0.15, 0.2) is 22.8 Å². The number of nitrogens with two attached hydrogens (primary N) is 1. The maximum Gasteiger partial charge on any atom is 0.140 e. The number of ketones is 1. The highest BCUT2D eigenvalue weighted by Gasteiger charge is 2.10. The zero-order valence-corrected chi connectivity index (χ0v) is 9.95. The zero-order chi connectivity index (χ0) is 11.8. The van der Waals surface area contributed by atoms with Crippen molar-refractivity contribution in [2.45, 2.75) is 39.0 Å². The van der Waals surface area contributed by atoms with Gasteiger partial charge in [-0.25, -0.2) is 0 Å². The molecule has 3 heteroatoms. The monoisotopic (exact) mass is 223 g/mol. The van der Waals surface area contributed by atoms with Gasteiger partial charge in [0.15, 0.2) is 0 Å². The first kappa shape index (κ1) is 13.0. The van der Waals surface area contributed by atoms with Crippen molar-refractivity contribution in [3.63, 3.8) is 0 Å². The molecule has 16 heavy (non-hydrogen) atoms. The average Bonchev–Trinajstić information content (AvgIpc) is 2.76. The molecule has 1 unspecified atom stereocenters. The van der Waals surface area contributed by atoms with E-state index in [0.29, 0.717) is 25.3 Å². The van der Waals surface area contributed by atoms with Crippen molar-refractivity contribution in [3.05, 3.63) is 24.2 Å². The van der Waals surface area contributed by atoms with Gasteiger partial charge in [0.05, 0.1) is 12.7 Å². The van der Waals surface area contributed by atoms with Crippen LogP contribution in [0.25, 0.3) is 0 Å². The summed E-state index contributed by atoms with van der Waals surface area (Å²) in [5, 5.41) is 0. The van der Waals surface area contributed by atoms with Crippen molar-refractivity contribution in [1.29, 1.82) is 0 Å². The van der Waals surface area contributed by atoms with Crippen molar-refractivity contribution >= 4 is 5.78 Å². The molecule has 1 aromatic heterocycles. The van der Waals surface area contributed by atoms with Crippen molar-refractivity contribution in [1.82, 2.24) is 0 Å². The van der Waals surface area contributed by atoms with Gasteiger partial charge in [-0.2, -0.15) is 0 Å². The molecular formula is C13H21NO2. The minimum absolute atomic E-state index is 0.255. The summed E-state index contributed by atoms with van der Waals surface area (Å²) in [5.41, 5.74) is 5.52. The number of hydrogen-bond acceptors (Lipinski definition) is 3. The van der Waals surface area contributed by atoms with E-state index in [1.54, 1.807) is 6.26 Å². The zero-order valence-electron chi connectivity index (χ0n) is 9.95. The van der Waals surface area contributed by atoms with Crippen molar-refractivity contribution in [3.8, 4) is 0 Å². The summed E-state index contributed by atoms with van der Waals surface area (Å²) in [7, 11) is 0. The lowest BCUT2D eigenvalue weighted by atomic mass is 9.95. The summed E-state index contributed by atoms with van der Waals surface area (Å²) < 4.78 is 5.14. The second-order valence-electron chi connectivity index (χ2n) is 4.19. The van der Waals surface area contributed by atoms with Crippen LogP contribution >= 0.6 is 0 Å². The summed E-state index contributed by atoms with van der Waals surface area (Å²) in [6.07, 6.45) is 5.74. The number of Topliss-reactive ketones (excluding diaryl/α,β-unsaturated/α-hetero) is 1. The molecule has 1 rings (SSSR count). The second-order valence-corrected chi connectivity index (χ2v) is 4.19. The fraction of sp³-hybridized carbons (Fsp3) is 0.615. The summed E-state index contributed by atoms with van der Waals surface area (Å²) in [5.74, 6) is 1.60. The molecule has 0 amide bonds. The van der Waals surface area contributed by atoms with Gasteiger partial charge < -0.3 is 10.2 Å². The van der Waals surface area contributed by atoms with Gasteiger partial charge in [-0.05, 0) is 37.4 Å². The largest absolute Gasteiger partial charge is 0.469 e. The molecule has 0 aliphatic heterocycles. The van der Waals surface area contributed by atoms with Gasteiger partial charge in [-0.3, -0.25) is 4.79 Å². The highest BCUT2D eigenvalue weighted by Crippen LogP contribution is 2.15. The summed E-state index contributed by atoms with van der Waals surface area (Å²) in [6, 6.07) is 3.65. The van der Waals surface area contributed by atoms with Crippen LogP contribution in [0, 0.1) is 5.92 Å². The molecule has 90 valence electrons. The van der Waals surface area contributed by atoms with Crippen LogP contribution < -0.4 is 5.73 Å². The third-order valence-electron chi connectivity index (χ3n) is 2.94. The van der Waals surface area contributed by atoms with Crippen molar-refractivity contribution in [2.24, 2.45) is 11.7 Å². The minimum atomic E-state index is 0.255. The normalized spacial score (nSPS) is 12.6. The molecule has 0 aliphatic carbocycles. The fourth-order valence-electron chi connectivity index (χ4n) is 1.85. The van der Waals surface area contributed by atoms with E-state index < -0.39 is 0 Å². The Balaban J connectivity index is 2.24. The number of carbonyl (C=O) groups excluding carboxylic acids is 1. The van der Waals surface area contributed by atoms with Gasteiger partial charge in [0.2, 0.25) is 0 Å². The van der Waals surface area contributed by atoms with E-state index in [2.05, 4.69) is 6.92 Å². The van der Waals surface area contributed by atoms with Crippen LogP contribution in [0.5, 0.6) is 0 Å². The second kappa shape index (κ2) is 7.23. The van der Waals surface area contributed by atoms with Crippen LogP contribution in [0.3, 0.4) is 0 Å². The Morgan fingerprint density at radius 2 is 2.31 bits per heavy atom. The van der Waals surface area contributed by atoms with E-state index in [-0.39, 0.29) is 5.78 Å². The molecule has 0 saturated carbocycles. The standard InChI is InChI=1S/C13H21NO2/c1-2-11(7-8-14)5-6-12(15)10-13-4-3-9-16-13/h3-4,9,11H,2,5-8,10,14H2,1H3. The molecular weight excluding hydrogens is 202 g/mol. The maximum atomic E-state index is 11.6. The molecule has 0 radical (unpaired) electrons. The van der Waals surface area contributed by atoms with E-state index in [1.807, 2.05) is 12.1 Å².